The number of halogens is 3. The van der Waals surface area contributed by atoms with E-state index < -0.39 is 17.7 Å². The van der Waals surface area contributed by atoms with Crippen molar-refractivity contribution in [1.82, 2.24) is 0 Å². The lowest BCUT2D eigenvalue weighted by Gasteiger charge is -2.10. The van der Waals surface area contributed by atoms with Gasteiger partial charge in [-0.3, -0.25) is 0 Å². The van der Waals surface area contributed by atoms with Crippen molar-refractivity contribution in [2.45, 2.75) is 6.18 Å². The molecular formula is C14H9F3O3. The molecule has 0 amide bonds. The average Bonchev–Trinajstić information content (AvgIpc) is 2.37. The van der Waals surface area contributed by atoms with E-state index in [0.29, 0.717) is 0 Å². The van der Waals surface area contributed by atoms with Gasteiger partial charge in [0.05, 0.1) is 11.1 Å². The summed E-state index contributed by atoms with van der Waals surface area (Å²) in [6, 6.07) is 7.68. The summed E-state index contributed by atoms with van der Waals surface area (Å²) < 4.78 is 37.4. The fourth-order valence-electron chi connectivity index (χ4n) is 1.80. The van der Waals surface area contributed by atoms with E-state index in [9.17, 15) is 23.1 Å². The second kappa shape index (κ2) is 4.88. The van der Waals surface area contributed by atoms with Crippen LogP contribution in [0, 0.1) is 0 Å². The van der Waals surface area contributed by atoms with Crippen LogP contribution in [0.25, 0.3) is 11.1 Å². The molecule has 2 aromatic carbocycles. The van der Waals surface area contributed by atoms with Crippen molar-refractivity contribution in [3.05, 3.63) is 53.6 Å². The predicted octanol–water partition coefficient (Wildman–Crippen LogP) is 3.78. The Labute approximate surface area is 111 Å². The Hall–Kier alpha value is -2.50. The van der Waals surface area contributed by atoms with E-state index in [1.165, 1.54) is 30.3 Å². The van der Waals surface area contributed by atoms with Gasteiger partial charge >= 0.3 is 12.1 Å². The lowest BCUT2D eigenvalue weighted by molar-refractivity contribution is -0.137. The van der Waals surface area contributed by atoms with Crippen molar-refractivity contribution in [3.8, 4) is 16.9 Å². The second-order valence-corrected chi connectivity index (χ2v) is 4.11. The molecule has 0 aliphatic carbocycles. The van der Waals surface area contributed by atoms with Gasteiger partial charge in [0.2, 0.25) is 0 Å². The molecule has 20 heavy (non-hydrogen) atoms. The average molecular weight is 282 g/mol. The molecule has 0 saturated heterocycles. The Bertz CT molecular complexity index is 646. The molecule has 2 rings (SSSR count). The second-order valence-electron chi connectivity index (χ2n) is 4.11. The molecule has 2 aromatic rings. The number of rotatable bonds is 2. The molecule has 104 valence electrons. The van der Waals surface area contributed by atoms with Crippen LogP contribution in [-0.4, -0.2) is 16.2 Å². The summed E-state index contributed by atoms with van der Waals surface area (Å²) in [5.74, 6) is -1.38. The van der Waals surface area contributed by atoms with Crippen LogP contribution in [0.3, 0.4) is 0 Å². The van der Waals surface area contributed by atoms with Crippen LogP contribution in [0.15, 0.2) is 42.5 Å². The zero-order chi connectivity index (χ0) is 14.9. The first-order valence-corrected chi connectivity index (χ1v) is 5.53. The van der Waals surface area contributed by atoms with Gasteiger partial charge in [0.1, 0.15) is 5.75 Å². The Morgan fingerprint density at radius 3 is 2.10 bits per heavy atom. The highest BCUT2D eigenvalue weighted by molar-refractivity contribution is 5.96. The quantitative estimate of drug-likeness (QED) is 0.881. The number of carboxylic acid groups (broad SMARTS) is 1. The van der Waals surface area contributed by atoms with Crippen LogP contribution < -0.4 is 0 Å². The number of alkyl halides is 3. The van der Waals surface area contributed by atoms with E-state index in [1.54, 1.807) is 0 Å². The van der Waals surface area contributed by atoms with Gasteiger partial charge in [-0.1, -0.05) is 12.1 Å². The maximum Gasteiger partial charge on any atom is 0.416 e. The van der Waals surface area contributed by atoms with E-state index in [2.05, 4.69) is 0 Å². The summed E-state index contributed by atoms with van der Waals surface area (Å²) in [4.78, 5) is 11.1. The Balaban J connectivity index is 2.52. The number of hydrogen-bond acceptors (Lipinski definition) is 2. The SMILES string of the molecule is O=C(O)c1ccc(O)cc1-c1ccc(C(F)(F)F)cc1. The number of carboxylic acids is 1. The number of hydrogen-bond donors (Lipinski definition) is 2. The van der Waals surface area contributed by atoms with Gasteiger partial charge in [0.25, 0.3) is 0 Å². The molecule has 0 saturated carbocycles. The summed E-state index contributed by atoms with van der Waals surface area (Å²) >= 11 is 0. The Morgan fingerprint density at radius 2 is 1.60 bits per heavy atom. The van der Waals surface area contributed by atoms with Crippen LogP contribution in [-0.2, 0) is 6.18 Å². The van der Waals surface area contributed by atoms with E-state index in [4.69, 9.17) is 5.11 Å². The first kappa shape index (κ1) is 13.9. The van der Waals surface area contributed by atoms with Crippen LogP contribution in [0.1, 0.15) is 15.9 Å². The molecular weight excluding hydrogens is 273 g/mol. The lowest BCUT2D eigenvalue weighted by Crippen LogP contribution is -2.04. The highest BCUT2D eigenvalue weighted by Gasteiger charge is 2.30. The van der Waals surface area contributed by atoms with Gasteiger partial charge in [-0.15, -0.1) is 0 Å². The largest absolute Gasteiger partial charge is 0.508 e. The predicted molar refractivity (Wildman–Crippen MR) is 65.5 cm³/mol. The zero-order valence-electron chi connectivity index (χ0n) is 9.98. The number of benzene rings is 2. The van der Waals surface area contributed by atoms with Crippen LogP contribution in [0.5, 0.6) is 5.75 Å². The standard InChI is InChI=1S/C14H9F3O3/c15-14(16,17)9-3-1-8(2-4-9)12-7-10(18)5-6-11(12)13(19)20/h1-7,18H,(H,19,20). The first-order chi connectivity index (χ1) is 9.29. The molecule has 3 nitrogen and oxygen atoms in total. The van der Waals surface area contributed by atoms with Crippen molar-refractivity contribution in [2.24, 2.45) is 0 Å². The van der Waals surface area contributed by atoms with Gasteiger partial charge in [-0.05, 0) is 41.5 Å². The summed E-state index contributed by atoms with van der Waals surface area (Å²) in [6.45, 7) is 0. The molecule has 0 aliphatic heterocycles. The third kappa shape index (κ3) is 2.74. The molecule has 6 heteroatoms. The summed E-state index contributed by atoms with van der Waals surface area (Å²) in [7, 11) is 0. The molecule has 0 atom stereocenters. The minimum atomic E-state index is -4.45. The highest BCUT2D eigenvalue weighted by Crippen LogP contribution is 2.32. The lowest BCUT2D eigenvalue weighted by atomic mass is 9.98. The third-order valence-corrected chi connectivity index (χ3v) is 2.76. The highest BCUT2D eigenvalue weighted by atomic mass is 19.4. The summed E-state index contributed by atoms with van der Waals surface area (Å²) in [6.07, 6.45) is -4.45. The fraction of sp³-hybridized carbons (Fsp3) is 0.0714. The molecule has 0 unspecified atom stereocenters. The van der Waals surface area contributed by atoms with Gasteiger partial charge in [0, 0.05) is 0 Å². The third-order valence-electron chi connectivity index (χ3n) is 2.76. The molecule has 0 bridgehead atoms. The van der Waals surface area contributed by atoms with Crippen molar-refractivity contribution in [3.63, 3.8) is 0 Å². The zero-order valence-corrected chi connectivity index (χ0v) is 9.98. The van der Waals surface area contributed by atoms with Crippen molar-refractivity contribution in [1.29, 1.82) is 0 Å². The van der Waals surface area contributed by atoms with E-state index in [1.807, 2.05) is 0 Å². The normalized spacial score (nSPS) is 11.3. The Morgan fingerprint density at radius 1 is 1.00 bits per heavy atom. The van der Waals surface area contributed by atoms with Crippen molar-refractivity contribution in [2.75, 3.05) is 0 Å². The molecule has 0 aromatic heterocycles. The minimum absolute atomic E-state index is 0.0949. The Kier molecular flexibility index (Phi) is 3.40. The van der Waals surface area contributed by atoms with Crippen LogP contribution in [0.4, 0.5) is 13.2 Å². The number of carbonyl (C=O) groups is 1. The van der Waals surface area contributed by atoms with E-state index >= 15 is 0 Å². The molecule has 0 spiro atoms. The maximum atomic E-state index is 12.5. The van der Waals surface area contributed by atoms with Crippen LogP contribution in [0.2, 0.25) is 0 Å². The maximum absolute atomic E-state index is 12.5. The molecule has 0 heterocycles. The van der Waals surface area contributed by atoms with Gasteiger partial charge < -0.3 is 10.2 Å². The number of phenols is 1. The number of aromatic hydroxyl groups is 1. The monoisotopic (exact) mass is 282 g/mol. The van der Waals surface area contributed by atoms with Crippen molar-refractivity contribution >= 4 is 5.97 Å². The molecule has 2 N–H and O–H groups in total. The van der Waals surface area contributed by atoms with E-state index in [0.717, 1.165) is 12.1 Å². The summed E-state index contributed by atoms with van der Waals surface area (Å²) in [5, 5.41) is 18.4. The van der Waals surface area contributed by atoms with E-state index in [-0.39, 0.29) is 22.4 Å². The topological polar surface area (TPSA) is 57.5 Å². The smallest absolute Gasteiger partial charge is 0.416 e. The number of phenolic OH excluding ortho intramolecular Hbond substituents is 1. The van der Waals surface area contributed by atoms with Gasteiger partial charge in [-0.2, -0.15) is 13.2 Å². The molecule has 0 aliphatic rings. The summed E-state index contributed by atoms with van der Waals surface area (Å²) in [5.41, 5.74) is -0.474. The fourth-order valence-corrected chi connectivity index (χ4v) is 1.80. The van der Waals surface area contributed by atoms with Crippen LogP contribution >= 0.6 is 0 Å². The van der Waals surface area contributed by atoms with Gasteiger partial charge in [-0.25, -0.2) is 4.79 Å². The molecule has 0 radical (unpaired) electrons. The minimum Gasteiger partial charge on any atom is -0.508 e. The molecule has 0 fully saturated rings. The number of aromatic carboxylic acids is 1. The first-order valence-electron chi connectivity index (χ1n) is 5.53. The van der Waals surface area contributed by atoms with Crippen molar-refractivity contribution < 1.29 is 28.2 Å². The van der Waals surface area contributed by atoms with Gasteiger partial charge in [0.15, 0.2) is 0 Å².